The lowest BCUT2D eigenvalue weighted by atomic mass is 10.1. The van der Waals surface area contributed by atoms with Crippen LogP contribution in [0, 0.1) is 5.82 Å². The lowest BCUT2D eigenvalue weighted by Gasteiger charge is -2.07. The van der Waals surface area contributed by atoms with E-state index in [1.807, 2.05) is 0 Å². The molecule has 1 aromatic heterocycles. The number of hydrogen-bond acceptors (Lipinski definition) is 4. The summed E-state index contributed by atoms with van der Waals surface area (Å²) in [6.45, 7) is 0. The van der Waals surface area contributed by atoms with Crippen LogP contribution in [0.25, 0.3) is 11.3 Å². The van der Waals surface area contributed by atoms with Gasteiger partial charge in [0.2, 0.25) is 5.88 Å². The molecule has 0 saturated carbocycles. The van der Waals surface area contributed by atoms with Crippen molar-refractivity contribution in [2.75, 3.05) is 7.11 Å². The maximum absolute atomic E-state index is 13.7. The van der Waals surface area contributed by atoms with Crippen LogP contribution < -0.4 is 4.74 Å². The summed E-state index contributed by atoms with van der Waals surface area (Å²) in [7, 11) is 1.38. The Morgan fingerprint density at radius 1 is 1.33 bits per heavy atom. The second-order valence-corrected chi connectivity index (χ2v) is 3.41. The molecule has 0 amide bonds. The van der Waals surface area contributed by atoms with Crippen molar-refractivity contribution in [3.8, 4) is 17.1 Å². The molecule has 0 radical (unpaired) electrons. The minimum Gasteiger partial charge on any atom is -0.479 e. The third-order valence-corrected chi connectivity index (χ3v) is 2.33. The number of hydrogen-bond donors (Lipinski definition) is 1. The van der Waals surface area contributed by atoms with Crippen LogP contribution >= 0.6 is 0 Å². The van der Waals surface area contributed by atoms with Crippen LogP contribution in [0.1, 0.15) is 10.4 Å². The summed E-state index contributed by atoms with van der Waals surface area (Å²) in [6.07, 6.45) is 2.78. The molecule has 18 heavy (non-hydrogen) atoms. The summed E-state index contributed by atoms with van der Waals surface area (Å²) >= 11 is 0. The van der Waals surface area contributed by atoms with Crippen LogP contribution in [0.5, 0.6) is 5.88 Å². The second-order valence-electron chi connectivity index (χ2n) is 3.41. The SMILES string of the molecule is COc1nccnc1-c1cc(C(=O)O)ccc1F. The van der Waals surface area contributed by atoms with E-state index in [1.54, 1.807) is 0 Å². The third kappa shape index (κ3) is 2.13. The van der Waals surface area contributed by atoms with Gasteiger partial charge in [-0.15, -0.1) is 0 Å². The minimum absolute atomic E-state index is 0.0286. The molecule has 0 atom stereocenters. The third-order valence-electron chi connectivity index (χ3n) is 2.33. The Hall–Kier alpha value is -2.50. The number of aromatic nitrogens is 2. The first-order valence-electron chi connectivity index (χ1n) is 5.01. The fraction of sp³-hybridized carbons (Fsp3) is 0.0833. The van der Waals surface area contributed by atoms with Gasteiger partial charge in [0, 0.05) is 18.0 Å². The number of ether oxygens (including phenoxy) is 1. The molecule has 5 nitrogen and oxygen atoms in total. The largest absolute Gasteiger partial charge is 0.479 e. The Balaban J connectivity index is 2.62. The Morgan fingerprint density at radius 3 is 2.72 bits per heavy atom. The Bertz CT molecular complexity index is 602. The van der Waals surface area contributed by atoms with Gasteiger partial charge in [0.05, 0.1) is 12.7 Å². The maximum atomic E-state index is 13.7. The normalized spacial score (nSPS) is 10.1. The summed E-state index contributed by atoms with van der Waals surface area (Å²) in [4.78, 5) is 18.7. The molecule has 0 unspecified atom stereocenters. The summed E-state index contributed by atoms with van der Waals surface area (Å²) in [5, 5.41) is 8.88. The molecule has 0 saturated heterocycles. The minimum atomic E-state index is -1.14. The molecule has 92 valence electrons. The molecule has 0 aliphatic rings. The number of rotatable bonds is 3. The zero-order valence-corrected chi connectivity index (χ0v) is 9.42. The van der Waals surface area contributed by atoms with Crippen molar-refractivity contribution in [2.24, 2.45) is 0 Å². The molecule has 0 aliphatic heterocycles. The molecule has 2 rings (SSSR count). The van der Waals surface area contributed by atoms with Crippen LogP contribution in [0.4, 0.5) is 4.39 Å². The number of nitrogens with zero attached hydrogens (tertiary/aromatic N) is 2. The molecule has 0 bridgehead atoms. The van der Waals surface area contributed by atoms with Crippen LogP contribution in [-0.4, -0.2) is 28.2 Å². The summed E-state index contributed by atoms with van der Waals surface area (Å²) < 4.78 is 18.7. The molecule has 0 fully saturated rings. The van der Waals surface area contributed by atoms with Crippen LogP contribution in [-0.2, 0) is 0 Å². The average Bonchev–Trinajstić information content (AvgIpc) is 2.39. The number of halogens is 1. The zero-order chi connectivity index (χ0) is 13.1. The van der Waals surface area contributed by atoms with Gasteiger partial charge in [0.1, 0.15) is 11.5 Å². The van der Waals surface area contributed by atoms with Crippen molar-refractivity contribution in [3.05, 3.63) is 42.0 Å². The highest BCUT2D eigenvalue weighted by atomic mass is 19.1. The van der Waals surface area contributed by atoms with Gasteiger partial charge >= 0.3 is 5.97 Å². The molecular weight excluding hydrogens is 239 g/mol. The van der Waals surface area contributed by atoms with Crippen LogP contribution in [0.3, 0.4) is 0 Å². The van der Waals surface area contributed by atoms with E-state index in [-0.39, 0.29) is 22.7 Å². The number of benzene rings is 1. The Kier molecular flexibility index (Phi) is 3.18. The first-order valence-corrected chi connectivity index (χ1v) is 5.01. The summed E-state index contributed by atoms with van der Waals surface area (Å²) in [5.41, 5.74) is 0.180. The number of methoxy groups -OCH3 is 1. The van der Waals surface area contributed by atoms with E-state index >= 15 is 0 Å². The molecule has 1 aromatic carbocycles. The van der Waals surface area contributed by atoms with E-state index in [1.165, 1.54) is 31.6 Å². The van der Waals surface area contributed by atoms with Gasteiger partial charge in [0.15, 0.2) is 0 Å². The van der Waals surface area contributed by atoms with Crippen molar-refractivity contribution < 1.29 is 19.0 Å². The molecular formula is C12H9FN2O3. The van der Waals surface area contributed by atoms with Gasteiger partial charge in [-0.25, -0.2) is 19.2 Å². The van der Waals surface area contributed by atoms with Gasteiger partial charge in [-0.2, -0.15) is 0 Å². The standard InChI is InChI=1S/C12H9FN2O3/c1-18-11-10(14-4-5-15-11)8-6-7(12(16)17)2-3-9(8)13/h2-6H,1H3,(H,16,17). The molecule has 0 spiro atoms. The molecule has 1 heterocycles. The second kappa shape index (κ2) is 4.79. The number of aromatic carboxylic acids is 1. The van der Waals surface area contributed by atoms with E-state index < -0.39 is 11.8 Å². The van der Waals surface area contributed by atoms with Crippen molar-refractivity contribution in [1.29, 1.82) is 0 Å². The highest BCUT2D eigenvalue weighted by Gasteiger charge is 2.15. The number of carbonyl (C=O) groups is 1. The Labute approximate surface area is 102 Å². The predicted molar refractivity (Wildman–Crippen MR) is 60.9 cm³/mol. The molecule has 2 aromatic rings. The van der Waals surface area contributed by atoms with Crippen LogP contribution in [0.2, 0.25) is 0 Å². The molecule has 0 aliphatic carbocycles. The summed E-state index contributed by atoms with van der Waals surface area (Å²) in [5.74, 6) is -1.59. The lowest BCUT2D eigenvalue weighted by Crippen LogP contribution is -2.00. The first kappa shape index (κ1) is 12.0. The van der Waals surface area contributed by atoms with Gasteiger partial charge < -0.3 is 9.84 Å². The predicted octanol–water partition coefficient (Wildman–Crippen LogP) is 1.99. The average molecular weight is 248 g/mol. The topological polar surface area (TPSA) is 72.3 Å². The number of carboxylic acids is 1. The van der Waals surface area contributed by atoms with Gasteiger partial charge in [-0.05, 0) is 18.2 Å². The lowest BCUT2D eigenvalue weighted by molar-refractivity contribution is 0.0697. The highest BCUT2D eigenvalue weighted by Crippen LogP contribution is 2.28. The van der Waals surface area contributed by atoms with E-state index in [9.17, 15) is 9.18 Å². The van der Waals surface area contributed by atoms with E-state index in [0.29, 0.717) is 0 Å². The number of carboxylic acid groups (broad SMARTS) is 1. The maximum Gasteiger partial charge on any atom is 0.335 e. The van der Waals surface area contributed by atoms with Crippen molar-refractivity contribution in [1.82, 2.24) is 9.97 Å². The quantitative estimate of drug-likeness (QED) is 0.899. The fourth-order valence-electron chi connectivity index (χ4n) is 1.50. The molecule has 1 N–H and O–H groups in total. The monoisotopic (exact) mass is 248 g/mol. The van der Waals surface area contributed by atoms with Gasteiger partial charge in [-0.1, -0.05) is 0 Å². The van der Waals surface area contributed by atoms with Crippen LogP contribution in [0.15, 0.2) is 30.6 Å². The zero-order valence-electron chi connectivity index (χ0n) is 9.42. The van der Waals surface area contributed by atoms with E-state index in [4.69, 9.17) is 9.84 Å². The van der Waals surface area contributed by atoms with Crippen molar-refractivity contribution >= 4 is 5.97 Å². The van der Waals surface area contributed by atoms with Crippen molar-refractivity contribution in [3.63, 3.8) is 0 Å². The smallest absolute Gasteiger partial charge is 0.335 e. The van der Waals surface area contributed by atoms with E-state index in [0.717, 1.165) is 6.07 Å². The summed E-state index contributed by atoms with van der Waals surface area (Å²) in [6, 6.07) is 3.46. The highest BCUT2D eigenvalue weighted by molar-refractivity contribution is 5.89. The van der Waals surface area contributed by atoms with E-state index in [2.05, 4.69) is 9.97 Å². The molecule has 6 heteroatoms. The first-order chi connectivity index (χ1) is 8.63. The van der Waals surface area contributed by atoms with Gasteiger partial charge in [0.25, 0.3) is 0 Å². The van der Waals surface area contributed by atoms with Crippen molar-refractivity contribution in [2.45, 2.75) is 0 Å². The van der Waals surface area contributed by atoms with Gasteiger partial charge in [-0.3, -0.25) is 0 Å². The fourth-order valence-corrected chi connectivity index (χ4v) is 1.50. The Morgan fingerprint density at radius 2 is 2.06 bits per heavy atom.